The van der Waals surface area contributed by atoms with Crippen LogP contribution in [0.15, 0.2) is 22.7 Å². The van der Waals surface area contributed by atoms with Gasteiger partial charge in [-0.3, -0.25) is 0 Å². The molecule has 0 saturated carbocycles. The highest BCUT2D eigenvalue weighted by Gasteiger charge is 2.25. The van der Waals surface area contributed by atoms with Crippen molar-refractivity contribution in [3.8, 4) is 0 Å². The Bertz CT molecular complexity index is 511. The second-order valence-corrected chi connectivity index (χ2v) is 7.43. The molecule has 1 aliphatic heterocycles. The van der Waals surface area contributed by atoms with E-state index < -0.39 is 9.73 Å². The Kier molecular flexibility index (Phi) is 3.75. The fourth-order valence-corrected chi connectivity index (χ4v) is 3.67. The van der Waals surface area contributed by atoms with Crippen LogP contribution in [-0.4, -0.2) is 40.8 Å². The van der Waals surface area contributed by atoms with Crippen LogP contribution < -0.4 is 10.6 Å². The lowest BCUT2D eigenvalue weighted by Gasteiger charge is -2.33. The van der Waals surface area contributed by atoms with E-state index in [9.17, 15) is 4.21 Å². The van der Waals surface area contributed by atoms with Crippen LogP contribution in [0.25, 0.3) is 0 Å². The van der Waals surface area contributed by atoms with Crippen LogP contribution in [0.4, 0.5) is 11.5 Å². The van der Waals surface area contributed by atoms with Crippen molar-refractivity contribution >= 4 is 21.2 Å². The van der Waals surface area contributed by atoms with E-state index in [2.05, 4.69) is 14.2 Å². The summed E-state index contributed by atoms with van der Waals surface area (Å²) in [6, 6.07) is 3.79. The van der Waals surface area contributed by atoms with Crippen LogP contribution in [0.2, 0.25) is 0 Å². The number of nitrogens with two attached hydrogens (primary N) is 1. The summed E-state index contributed by atoms with van der Waals surface area (Å²) in [7, 11) is -0.369. The molecule has 1 aliphatic rings. The Morgan fingerprint density at radius 1 is 1.44 bits per heavy atom. The van der Waals surface area contributed by atoms with E-state index in [1.54, 1.807) is 19.5 Å². The maximum absolute atomic E-state index is 12.2. The Morgan fingerprint density at radius 3 is 2.61 bits per heavy atom. The highest BCUT2D eigenvalue weighted by atomic mass is 32.2. The number of nitrogens with zero attached hydrogens (tertiary/aromatic N) is 3. The molecule has 2 rings (SSSR count). The standard InChI is InChI=1S/C12H20N4OS/c1-14-18(2,17)11-5-7-16(8-6-11)10-3-4-12(13)15-9-10/h3-4,9,11H,5-8H2,1-2H3,(H2,13,15). The lowest BCUT2D eigenvalue weighted by Crippen LogP contribution is -2.39. The maximum Gasteiger partial charge on any atom is 0.123 e. The van der Waals surface area contributed by atoms with E-state index in [1.807, 2.05) is 12.1 Å². The van der Waals surface area contributed by atoms with Crippen molar-refractivity contribution in [2.24, 2.45) is 4.36 Å². The monoisotopic (exact) mass is 268 g/mol. The molecule has 2 heterocycles. The lowest BCUT2D eigenvalue weighted by molar-refractivity contribution is 0.568. The molecule has 0 aromatic carbocycles. The summed E-state index contributed by atoms with van der Waals surface area (Å²) < 4.78 is 16.2. The zero-order valence-electron chi connectivity index (χ0n) is 10.9. The average molecular weight is 268 g/mol. The van der Waals surface area contributed by atoms with Crippen molar-refractivity contribution in [1.82, 2.24) is 4.98 Å². The summed E-state index contributed by atoms with van der Waals surface area (Å²) in [5.74, 6) is 0.537. The fourth-order valence-electron chi connectivity index (χ4n) is 2.28. The van der Waals surface area contributed by atoms with Gasteiger partial charge in [0, 0.05) is 41.4 Å². The van der Waals surface area contributed by atoms with Gasteiger partial charge in [0.05, 0.1) is 11.9 Å². The van der Waals surface area contributed by atoms with Gasteiger partial charge in [0.2, 0.25) is 0 Å². The Morgan fingerprint density at radius 2 is 2.11 bits per heavy atom. The van der Waals surface area contributed by atoms with Gasteiger partial charge in [-0.05, 0) is 25.0 Å². The first-order valence-electron chi connectivity index (χ1n) is 6.08. The molecule has 1 fully saturated rings. The molecule has 6 heteroatoms. The van der Waals surface area contributed by atoms with Crippen LogP contribution in [0.5, 0.6) is 0 Å². The van der Waals surface area contributed by atoms with Gasteiger partial charge in [-0.15, -0.1) is 0 Å². The van der Waals surface area contributed by atoms with E-state index in [4.69, 9.17) is 5.73 Å². The quantitative estimate of drug-likeness (QED) is 0.879. The third-order valence-corrected chi connectivity index (χ3v) is 5.99. The second kappa shape index (κ2) is 5.14. The summed E-state index contributed by atoms with van der Waals surface area (Å²) in [4.78, 5) is 6.36. The summed E-state index contributed by atoms with van der Waals surface area (Å²) in [6.07, 6.45) is 5.38. The number of pyridine rings is 1. The van der Waals surface area contributed by atoms with Gasteiger partial charge >= 0.3 is 0 Å². The van der Waals surface area contributed by atoms with Crippen molar-refractivity contribution < 1.29 is 4.21 Å². The van der Waals surface area contributed by atoms with Gasteiger partial charge in [-0.2, -0.15) is 0 Å². The smallest absolute Gasteiger partial charge is 0.123 e. The molecule has 0 spiro atoms. The number of rotatable bonds is 2. The van der Waals surface area contributed by atoms with Crippen molar-refractivity contribution in [3.05, 3.63) is 18.3 Å². The SMILES string of the molecule is CN=S(C)(=O)C1CCN(c2ccc(N)nc2)CC1. The molecule has 1 atom stereocenters. The minimum Gasteiger partial charge on any atom is -0.384 e. The first-order chi connectivity index (χ1) is 8.53. The van der Waals surface area contributed by atoms with Crippen molar-refractivity contribution in [2.45, 2.75) is 18.1 Å². The van der Waals surface area contributed by atoms with Gasteiger partial charge in [-0.1, -0.05) is 0 Å². The van der Waals surface area contributed by atoms with Crippen LogP contribution in [0.1, 0.15) is 12.8 Å². The van der Waals surface area contributed by atoms with Gasteiger partial charge in [0.15, 0.2) is 0 Å². The molecule has 100 valence electrons. The topological polar surface area (TPSA) is 71.6 Å². The molecular formula is C12H20N4OS. The zero-order chi connectivity index (χ0) is 13.2. The molecule has 0 amide bonds. The Balaban J connectivity index is 2.03. The Hall–Kier alpha value is -1.30. The summed E-state index contributed by atoms with van der Waals surface area (Å²) in [6.45, 7) is 1.80. The predicted molar refractivity (Wildman–Crippen MR) is 76.3 cm³/mol. The zero-order valence-corrected chi connectivity index (χ0v) is 11.7. The number of nitrogen functional groups attached to an aromatic ring is 1. The average Bonchev–Trinajstić information content (AvgIpc) is 2.40. The Labute approximate surface area is 109 Å². The number of piperidine rings is 1. The number of hydrogen-bond acceptors (Lipinski definition) is 5. The van der Waals surface area contributed by atoms with E-state index >= 15 is 0 Å². The van der Waals surface area contributed by atoms with Gasteiger partial charge in [-0.25, -0.2) is 13.6 Å². The molecule has 0 bridgehead atoms. The molecule has 0 radical (unpaired) electrons. The fraction of sp³-hybridized carbons (Fsp3) is 0.583. The highest BCUT2D eigenvalue weighted by Crippen LogP contribution is 2.23. The molecule has 2 N–H and O–H groups in total. The molecule has 1 aromatic heterocycles. The highest BCUT2D eigenvalue weighted by molar-refractivity contribution is 7.93. The van der Waals surface area contributed by atoms with Crippen molar-refractivity contribution in [2.75, 3.05) is 37.0 Å². The molecule has 1 unspecified atom stereocenters. The molecule has 0 aliphatic carbocycles. The lowest BCUT2D eigenvalue weighted by atomic mass is 10.1. The van der Waals surface area contributed by atoms with Crippen molar-refractivity contribution in [1.29, 1.82) is 0 Å². The minimum atomic E-state index is -2.02. The van der Waals surface area contributed by atoms with Crippen LogP contribution in [0.3, 0.4) is 0 Å². The molecule has 1 saturated heterocycles. The third-order valence-electron chi connectivity index (χ3n) is 3.56. The van der Waals surface area contributed by atoms with E-state index in [0.29, 0.717) is 5.82 Å². The summed E-state index contributed by atoms with van der Waals surface area (Å²) in [5.41, 5.74) is 6.66. The summed E-state index contributed by atoms with van der Waals surface area (Å²) >= 11 is 0. The van der Waals surface area contributed by atoms with Gasteiger partial charge < -0.3 is 10.6 Å². The van der Waals surface area contributed by atoms with Crippen LogP contribution in [-0.2, 0) is 9.73 Å². The minimum absolute atomic E-state index is 0.209. The third kappa shape index (κ3) is 2.75. The van der Waals surface area contributed by atoms with E-state index in [-0.39, 0.29) is 5.25 Å². The van der Waals surface area contributed by atoms with Gasteiger partial charge in [0.1, 0.15) is 5.82 Å². The second-order valence-electron chi connectivity index (χ2n) is 4.67. The number of hydrogen-bond donors (Lipinski definition) is 1. The normalized spacial score (nSPS) is 20.4. The predicted octanol–water partition coefficient (Wildman–Crippen LogP) is 1.36. The van der Waals surface area contributed by atoms with Gasteiger partial charge in [0.25, 0.3) is 0 Å². The first kappa shape index (κ1) is 13.1. The maximum atomic E-state index is 12.2. The number of anilines is 2. The molecule has 1 aromatic rings. The summed E-state index contributed by atoms with van der Waals surface area (Å²) in [5, 5.41) is 0.209. The van der Waals surface area contributed by atoms with Crippen molar-refractivity contribution in [3.63, 3.8) is 0 Å². The van der Waals surface area contributed by atoms with E-state index in [0.717, 1.165) is 31.6 Å². The van der Waals surface area contributed by atoms with Crippen LogP contribution >= 0.6 is 0 Å². The van der Waals surface area contributed by atoms with Crippen LogP contribution in [0, 0.1) is 0 Å². The van der Waals surface area contributed by atoms with E-state index in [1.165, 1.54) is 0 Å². The molecular weight excluding hydrogens is 248 g/mol. The molecule has 18 heavy (non-hydrogen) atoms. The largest absolute Gasteiger partial charge is 0.384 e. The first-order valence-corrected chi connectivity index (χ1v) is 8.07. The molecule has 5 nitrogen and oxygen atoms in total. The number of aromatic nitrogens is 1.